The summed E-state index contributed by atoms with van der Waals surface area (Å²) in [6.45, 7) is 4.45. The van der Waals surface area contributed by atoms with Crippen LogP contribution in [0.5, 0.6) is 5.75 Å². The molecule has 4 rings (SSSR count). The largest absolute Gasteiger partial charge is 0.496 e. The van der Waals surface area contributed by atoms with Gasteiger partial charge in [-0.25, -0.2) is 27.7 Å². The van der Waals surface area contributed by atoms with Crippen molar-refractivity contribution in [3.8, 4) is 16.9 Å². The average molecular weight is 491 g/mol. The van der Waals surface area contributed by atoms with E-state index in [0.717, 1.165) is 16.9 Å². The van der Waals surface area contributed by atoms with E-state index in [2.05, 4.69) is 4.98 Å². The summed E-state index contributed by atoms with van der Waals surface area (Å²) >= 11 is 0.886. The summed E-state index contributed by atoms with van der Waals surface area (Å²) in [5, 5.41) is 5.56. The minimum Gasteiger partial charge on any atom is -0.496 e. The number of methoxy groups -OCH3 is 1. The van der Waals surface area contributed by atoms with Crippen molar-refractivity contribution < 1.29 is 22.3 Å². The van der Waals surface area contributed by atoms with Crippen LogP contribution in [0.4, 0.5) is 20.0 Å². The molecule has 174 valence electrons. The third kappa shape index (κ3) is 4.56. The van der Waals surface area contributed by atoms with E-state index in [1.807, 2.05) is 6.92 Å². The number of carbonyl (C=O) groups is 1. The molecule has 2 amide bonds. The Hall–Kier alpha value is -3.02. The fraction of sp³-hybridized carbons (Fsp3) is 0.273. The summed E-state index contributed by atoms with van der Waals surface area (Å²) in [6.07, 6.45) is 0. The highest BCUT2D eigenvalue weighted by Crippen LogP contribution is 2.35. The van der Waals surface area contributed by atoms with Crippen LogP contribution in [0.2, 0.25) is 0 Å². The van der Waals surface area contributed by atoms with E-state index >= 15 is 0 Å². The van der Waals surface area contributed by atoms with Crippen LogP contribution in [0.3, 0.4) is 0 Å². The van der Waals surface area contributed by atoms with Gasteiger partial charge < -0.3 is 4.74 Å². The van der Waals surface area contributed by atoms with Gasteiger partial charge in [0.2, 0.25) is 10.0 Å². The molecule has 1 fully saturated rings. The number of carbonyl (C=O) groups excluding carboxylic acids is 1. The Bertz CT molecular complexity index is 1310. The number of amides is 2. The number of urea groups is 1. The second-order valence-electron chi connectivity index (χ2n) is 7.91. The molecule has 0 bridgehead atoms. The van der Waals surface area contributed by atoms with Crippen LogP contribution >= 0.6 is 11.3 Å². The van der Waals surface area contributed by atoms with Crippen molar-refractivity contribution in [2.75, 3.05) is 30.0 Å². The molecule has 2 N–H and O–H groups in total. The molecule has 0 spiro atoms. The molecular weight excluding hydrogens is 467 g/mol. The van der Waals surface area contributed by atoms with Crippen molar-refractivity contribution in [1.82, 2.24) is 4.98 Å². The van der Waals surface area contributed by atoms with Crippen LogP contribution in [0.25, 0.3) is 11.1 Å². The predicted molar refractivity (Wildman–Crippen MR) is 126 cm³/mol. The van der Waals surface area contributed by atoms with Crippen LogP contribution < -0.4 is 19.7 Å². The molecule has 0 saturated carbocycles. The van der Waals surface area contributed by atoms with E-state index in [1.54, 1.807) is 42.2 Å². The fourth-order valence-corrected chi connectivity index (χ4v) is 5.78. The van der Waals surface area contributed by atoms with Crippen molar-refractivity contribution in [3.63, 3.8) is 0 Å². The van der Waals surface area contributed by atoms with Gasteiger partial charge in [0.05, 0.1) is 12.8 Å². The lowest BCUT2D eigenvalue weighted by atomic mass is 10.0. The summed E-state index contributed by atoms with van der Waals surface area (Å²) in [4.78, 5) is 20.7. The summed E-state index contributed by atoms with van der Waals surface area (Å²) in [5.74, 6) is 0.277. The van der Waals surface area contributed by atoms with Crippen molar-refractivity contribution in [2.45, 2.75) is 18.1 Å². The van der Waals surface area contributed by atoms with E-state index in [1.165, 1.54) is 24.1 Å². The number of thiazole rings is 1. The average Bonchev–Trinajstić information content (AvgIpc) is 3.17. The lowest BCUT2D eigenvalue weighted by molar-refractivity contribution is 0.245. The standard InChI is InChI=1S/C22H23FN4O4S2/c1-13-11-26(22(28)27(12-13)21-25-14(2)20(32-21)33(24,29)30)17-7-4-15(5-8-17)18-10-16(23)6-9-19(18)31-3/h4-10,13H,11-12H2,1-3H3,(H2,24,29,30). The van der Waals surface area contributed by atoms with Crippen LogP contribution in [-0.4, -0.2) is 39.6 Å². The Morgan fingerprint density at radius 2 is 1.82 bits per heavy atom. The normalized spacial score (nSPS) is 16.9. The summed E-state index contributed by atoms with van der Waals surface area (Å²) in [6, 6.07) is 11.2. The molecule has 2 aromatic carbocycles. The van der Waals surface area contributed by atoms with Gasteiger partial charge in [-0.3, -0.25) is 9.80 Å². The highest BCUT2D eigenvalue weighted by molar-refractivity contribution is 7.91. The number of aryl methyl sites for hydroxylation is 1. The monoisotopic (exact) mass is 490 g/mol. The molecule has 2 heterocycles. The van der Waals surface area contributed by atoms with Crippen LogP contribution in [0, 0.1) is 18.7 Å². The zero-order valence-electron chi connectivity index (χ0n) is 18.3. The van der Waals surface area contributed by atoms with E-state index in [-0.39, 0.29) is 27.7 Å². The summed E-state index contributed by atoms with van der Waals surface area (Å²) < 4.78 is 42.7. The quantitative estimate of drug-likeness (QED) is 0.582. The third-order valence-electron chi connectivity index (χ3n) is 5.33. The topological polar surface area (TPSA) is 106 Å². The van der Waals surface area contributed by atoms with Gasteiger partial charge >= 0.3 is 6.03 Å². The van der Waals surface area contributed by atoms with Gasteiger partial charge in [-0.05, 0) is 48.7 Å². The van der Waals surface area contributed by atoms with Crippen molar-refractivity contribution >= 4 is 38.2 Å². The van der Waals surface area contributed by atoms with E-state index in [4.69, 9.17) is 9.88 Å². The van der Waals surface area contributed by atoms with Gasteiger partial charge in [0.25, 0.3) is 0 Å². The fourth-order valence-electron chi connectivity index (χ4n) is 3.83. The Morgan fingerprint density at radius 1 is 1.15 bits per heavy atom. The van der Waals surface area contributed by atoms with Crippen LogP contribution in [-0.2, 0) is 10.0 Å². The van der Waals surface area contributed by atoms with Crippen molar-refractivity contribution in [1.29, 1.82) is 0 Å². The van der Waals surface area contributed by atoms with Crippen molar-refractivity contribution in [3.05, 3.63) is 54.0 Å². The summed E-state index contributed by atoms with van der Waals surface area (Å²) in [5.41, 5.74) is 2.29. The molecule has 1 saturated heterocycles. The maximum Gasteiger partial charge on any atom is 0.330 e. The lowest BCUT2D eigenvalue weighted by Gasteiger charge is -2.37. The Morgan fingerprint density at radius 3 is 2.42 bits per heavy atom. The SMILES string of the molecule is COc1ccc(F)cc1-c1ccc(N2CC(C)CN(c3nc(C)c(S(N)(=O)=O)s3)C2=O)cc1. The molecule has 11 heteroatoms. The first-order valence-electron chi connectivity index (χ1n) is 10.1. The molecule has 0 aliphatic carbocycles. The first-order chi connectivity index (χ1) is 15.6. The van der Waals surface area contributed by atoms with E-state index < -0.39 is 10.0 Å². The van der Waals surface area contributed by atoms with Gasteiger partial charge in [0.1, 0.15) is 11.6 Å². The summed E-state index contributed by atoms with van der Waals surface area (Å²) in [7, 11) is -2.40. The smallest absolute Gasteiger partial charge is 0.330 e. The number of nitrogens with zero attached hydrogens (tertiary/aromatic N) is 3. The predicted octanol–water partition coefficient (Wildman–Crippen LogP) is 4.00. The Labute approximate surface area is 195 Å². The number of anilines is 2. The van der Waals surface area contributed by atoms with E-state index in [9.17, 15) is 17.6 Å². The first kappa shape index (κ1) is 23.1. The number of hydrogen-bond acceptors (Lipinski definition) is 6. The minimum atomic E-state index is -3.92. The number of halogens is 1. The number of sulfonamides is 1. The van der Waals surface area contributed by atoms with Gasteiger partial charge in [0.15, 0.2) is 9.34 Å². The zero-order chi connectivity index (χ0) is 23.9. The number of aromatic nitrogens is 1. The number of primary sulfonamides is 1. The molecule has 1 aliphatic rings. The Kier molecular flexibility index (Phi) is 6.12. The molecule has 33 heavy (non-hydrogen) atoms. The van der Waals surface area contributed by atoms with Gasteiger partial charge in [-0.2, -0.15) is 0 Å². The maximum absolute atomic E-state index is 13.8. The molecule has 1 aromatic heterocycles. The van der Waals surface area contributed by atoms with Crippen molar-refractivity contribution in [2.24, 2.45) is 11.1 Å². The molecule has 1 atom stereocenters. The highest BCUT2D eigenvalue weighted by Gasteiger charge is 2.34. The molecular formula is C22H23FN4O4S2. The third-order valence-corrected chi connectivity index (χ3v) is 8.07. The molecule has 0 radical (unpaired) electrons. The van der Waals surface area contributed by atoms with Crippen LogP contribution in [0.15, 0.2) is 46.7 Å². The number of nitrogens with two attached hydrogens (primary N) is 1. The van der Waals surface area contributed by atoms with Gasteiger partial charge in [0, 0.05) is 24.3 Å². The number of hydrogen-bond donors (Lipinski definition) is 1. The van der Waals surface area contributed by atoms with Gasteiger partial charge in [-0.15, -0.1) is 0 Å². The molecule has 8 nitrogen and oxygen atoms in total. The highest BCUT2D eigenvalue weighted by atomic mass is 32.2. The second kappa shape index (κ2) is 8.73. The molecule has 3 aromatic rings. The number of ether oxygens (including phenoxy) is 1. The number of benzene rings is 2. The van der Waals surface area contributed by atoms with E-state index in [0.29, 0.717) is 35.2 Å². The lowest BCUT2D eigenvalue weighted by Crippen LogP contribution is -2.53. The first-order valence-corrected chi connectivity index (χ1v) is 12.5. The molecule has 1 unspecified atom stereocenters. The minimum absolute atomic E-state index is 0.0523. The van der Waals surface area contributed by atoms with Crippen LogP contribution in [0.1, 0.15) is 12.6 Å². The molecule has 1 aliphatic heterocycles. The second-order valence-corrected chi connectivity index (χ2v) is 10.6. The maximum atomic E-state index is 13.8. The van der Waals surface area contributed by atoms with Gasteiger partial charge in [-0.1, -0.05) is 30.4 Å². The Balaban J connectivity index is 1.64. The number of rotatable bonds is 5. The zero-order valence-corrected chi connectivity index (χ0v) is 19.9.